The molecule has 2 heterocycles. The lowest BCUT2D eigenvalue weighted by Gasteiger charge is -2.46. The predicted octanol–water partition coefficient (Wildman–Crippen LogP) is 3.40. The zero-order valence-electron chi connectivity index (χ0n) is 16.6. The van der Waals surface area contributed by atoms with E-state index in [1.807, 2.05) is 0 Å². The van der Waals surface area contributed by atoms with Gasteiger partial charge in [-0.3, -0.25) is 4.99 Å². The van der Waals surface area contributed by atoms with Gasteiger partial charge in [0.2, 0.25) is 0 Å². The van der Waals surface area contributed by atoms with Gasteiger partial charge in [0.15, 0.2) is 5.96 Å². The lowest BCUT2D eigenvalue weighted by Crippen LogP contribution is -2.53. The van der Waals surface area contributed by atoms with Crippen LogP contribution >= 0.6 is 24.0 Å². The van der Waals surface area contributed by atoms with Crippen LogP contribution in [-0.4, -0.2) is 61.5 Å². The van der Waals surface area contributed by atoms with Crippen LogP contribution in [0.2, 0.25) is 0 Å². The molecule has 26 heavy (non-hydrogen) atoms. The second-order valence-electron chi connectivity index (χ2n) is 8.77. The van der Waals surface area contributed by atoms with Gasteiger partial charge in [0, 0.05) is 37.1 Å². The van der Waals surface area contributed by atoms with Crippen LogP contribution in [0.3, 0.4) is 0 Å². The number of piperidine rings is 1. The Balaban J connectivity index is 0.00000243. The van der Waals surface area contributed by atoms with E-state index in [1.165, 1.54) is 32.1 Å². The molecule has 3 atom stereocenters. The summed E-state index contributed by atoms with van der Waals surface area (Å²) in [5.41, 5.74) is 0.251. The maximum Gasteiger partial charge on any atom is 0.193 e. The second-order valence-corrected chi connectivity index (χ2v) is 8.77. The number of guanidine groups is 1. The fourth-order valence-corrected chi connectivity index (χ4v) is 4.87. The Morgan fingerprint density at radius 3 is 2.73 bits per heavy atom. The molecule has 3 unspecified atom stereocenters. The van der Waals surface area contributed by atoms with Crippen molar-refractivity contribution in [2.75, 3.05) is 39.4 Å². The highest BCUT2D eigenvalue weighted by Crippen LogP contribution is 2.38. The molecule has 0 radical (unpaired) electrons. The van der Waals surface area contributed by atoms with Crippen LogP contribution in [0.4, 0.5) is 0 Å². The van der Waals surface area contributed by atoms with Gasteiger partial charge in [-0.1, -0.05) is 19.8 Å². The zero-order chi connectivity index (χ0) is 17.8. The van der Waals surface area contributed by atoms with Crippen LogP contribution in [0, 0.1) is 10.8 Å². The normalized spacial score (nSPS) is 35.9. The number of aliphatic hydroxyl groups is 1. The van der Waals surface area contributed by atoms with E-state index in [0.717, 1.165) is 64.6 Å². The minimum absolute atomic E-state index is 0. The summed E-state index contributed by atoms with van der Waals surface area (Å²) in [5.74, 6) is 1.03. The van der Waals surface area contributed by atoms with Crippen molar-refractivity contribution in [2.24, 2.45) is 15.8 Å². The molecule has 3 aliphatic rings. The van der Waals surface area contributed by atoms with Crippen LogP contribution in [0.5, 0.6) is 0 Å². The summed E-state index contributed by atoms with van der Waals surface area (Å²) in [5, 5.41) is 14.0. The van der Waals surface area contributed by atoms with Gasteiger partial charge in [0.1, 0.15) is 0 Å². The monoisotopic (exact) mass is 479 g/mol. The van der Waals surface area contributed by atoms with E-state index in [9.17, 15) is 5.11 Å². The summed E-state index contributed by atoms with van der Waals surface area (Å²) in [6.07, 6.45) is 9.10. The molecule has 0 aromatic carbocycles. The topological polar surface area (TPSA) is 57.1 Å². The number of hydrogen-bond donors (Lipinski definition) is 2. The first-order valence-electron chi connectivity index (χ1n) is 10.4. The van der Waals surface area contributed by atoms with Crippen molar-refractivity contribution in [1.29, 1.82) is 0 Å². The molecule has 1 spiro atoms. The molecule has 2 aliphatic heterocycles. The summed E-state index contributed by atoms with van der Waals surface area (Å²) < 4.78 is 5.82. The highest BCUT2D eigenvalue weighted by Gasteiger charge is 2.39. The van der Waals surface area contributed by atoms with E-state index in [-0.39, 0.29) is 35.5 Å². The highest BCUT2D eigenvalue weighted by molar-refractivity contribution is 14.0. The first kappa shape index (κ1) is 22.2. The van der Waals surface area contributed by atoms with Crippen molar-refractivity contribution in [1.82, 2.24) is 10.2 Å². The molecule has 0 aromatic heterocycles. The molecule has 0 bridgehead atoms. The number of aliphatic imine (C=N–C) groups is 1. The van der Waals surface area contributed by atoms with Crippen molar-refractivity contribution < 1.29 is 9.84 Å². The number of aliphatic hydroxyl groups excluding tert-OH is 1. The third-order valence-electron chi connectivity index (χ3n) is 6.57. The molecule has 5 nitrogen and oxygen atoms in total. The lowest BCUT2D eigenvalue weighted by molar-refractivity contribution is -0.0372. The Bertz CT molecular complexity index is 462. The van der Waals surface area contributed by atoms with Crippen molar-refractivity contribution in [2.45, 2.75) is 71.3 Å². The summed E-state index contributed by atoms with van der Waals surface area (Å²) in [4.78, 5) is 7.44. The molecule has 2 N–H and O–H groups in total. The Kier molecular flexibility index (Phi) is 8.47. The maximum atomic E-state index is 10.5. The average Bonchev–Trinajstić information content (AvgIpc) is 2.62. The van der Waals surface area contributed by atoms with Gasteiger partial charge >= 0.3 is 0 Å². The number of ether oxygens (including phenoxy) is 1. The molecule has 3 rings (SSSR count). The van der Waals surface area contributed by atoms with E-state index in [1.54, 1.807) is 0 Å². The Labute approximate surface area is 176 Å². The third kappa shape index (κ3) is 5.25. The fraction of sp³-hybridized carbons (Fsp3) is 0.950. The molecule has 3 fully saturated rings. The number of rotatable bonds is 3. The number of nitrogens with one attached hydrogen (secondary N) is 1. The number of nitrogens with zero attached hydrogens (tertiary/aromatic N) is 2. The van der Waals surface area contributed by atoms with E-state index in [2.05, 4.69) is 24.1 Å². The Morgan fingerprint density at radius 2 is 2.04 bits per heavy atom. The average molecular weight is 479 g/mol. The summed E-state index contributed by atoms with van der Waals surface area (Å²) >= 11 is 0. The highest BCUT2D eigenvalue weighted by atomic mass is 127. The molecule has 152 valence electrons. The van der Waals surface area contributed by atoms with E-state index < -0.39 is 0 Å². The van der Waals surface area contributed by atoms with Gasteiger partial charge in [-0.25, -0.2) is 0 Å². The van der Waals surface area contributed by atoms with Gasteiger partial charge in [0.25, 0.3) is 0 Å². The van der Waals surface area contributed by atoms with E-state index >= 15 is 0 Å². The van der Waals surface area contributed by atoms with E-state index in [4.69, 9.17) is 9.73 Å². The molecular formula is C20H38IN3O2. The predicted molar refractivity (Wildman–Crippen MR) is 117 cm³/mol. The van der Waals surface area contributed by atoms with Crippen LogP contribution in [0.15, 0.2) is 4.99 Å². The molecule has 0 aromatic rings. The molecule has 0 amide bonds. The molecular weight excluding hydrogens is 441 g/mol. The third-order valence-corrected chi connectivity index (χ3v) is 6.57. The minimum atomic E-state index is -0.215. The van der Waals surface area contributed by atoms with Crippen LogP contribution in [0.25, 0.3) is 0 Å². The van der Waals surface area contributed by atoms with Gasteiger partial charge in [0.05, 0.1) is 19.3 Å². The van der Waals surface area contributed by atoms with Crippen molar-refractivity contribution in [3.63, 3.8) is 0 Å². The number of likely N-dealkylation sites (tertiary alicyclic amines) is 1. The smallest absolute Gasteiger partial charge is 0.193 e. The van der Waals surface area contributed by atoms with E-state index in [0.29, 0.717) is 5.41 Å². The van der Waals surface area contributed by atoms with Gasteiger partial charge in [-0.15, -0.1) is 24.0 Å². The lowest BCUT2D eigenvalue weighted by atomic mass is 9.73. The van der Waals surface area contributed by atoms with Crippen molar-refractivity contribution in [3.8, 4) is 0 Å². The van der Waals surface area contributed by atoms with Crippen LogP contribution in [-0.2, 0) is 4.74 Å². The van der Waals surface area contributed by atoms with Gasteiger partial charge < -0.3 is 20.1 Å². The molecule has 1 saturated carbocycles. The standard InChI is InChI=1S/C20H37N3O2.HI/c1-3-21-18(22-14-19(2)9-5-4-8-17(19)24)23-12-6-10-20(15-23)11-7-13-25-16-20;/h17,24H,3-16H2,1-2H3,(H,21,22);1H. The first-order chi connectivity index (χ1) is 12.1. The summed E-state index contributed by atoms with van der Waals surface area (Å²) in [6.45, 7) is 9.90. The second kappa shape index (κ2) is 9.92. The quantitative estimate of drug-likeness (QED) is 0.370. The fourth-order valence-electron chi connectivity index (χ4n) is 4.87. The van der Waals surface area contributed by atoms with Crippen LogP contribution < -0.4 is 5.32 Å². The summed E-state index contributed by atoms with van der Waals surface area (Å²) in [6, 6.07) is 0. The zero-order valence-corrected chi connectivity index (χ0v) is 19.0. The molecule has 6 heteroatoms. The number of halogens is 1. The summed E-state index contributed by atoms with van der Waals surface area (Å²) in [7, 11) is 0. The van der Waals surface area contributed by atoms with Crippen molar-refractivity contribution >= 4 is 29.9 Å². The minimum Gasteiger partial charge on any atom is -0.392 e. The maximum absolute atomic E-state index is 10.5. The van der Waals surface area contributed by atoms with Gasteiger partial charge in [-0.2, -0.15) is 0 Å². The Morgan fingerprint density at radius 1 is 1.23 bits per heavy atom. The van der Waals surface area contributed by atoms with Crippen LogP contribution in [0.1, 0.15) is 65.2 Å². The molecule has 2 saturated heterocycles. The SMILES string of the molecule is CCNC(=NCC1(C)CCCCC1O)N1CCCC2(CCCOC2)C1.I. The van der Waals surface area contributed by atoms with Crippen molar-refractivity contribution in [3.05, 3.63) is 0 Å². The molecule has 1 aliphatic carbocycles. The largest absolute Gasteiger partial charge is 0.392 e. The first-order valence-corrected chi connectivity index (χ1v) is 10.4. The van der Waals surface area contributed by atoms with Gasteiger partial charge in [-0.05, 0) is 45.4 Å². The Hall–Kier alpha value is -0.0800. The number of hydrogen-bond acceptors (Lipinski definition) is 3.